The first-order valence-electron chi connectivity index (χ1n) is 6.72. The topological polar surface area (TPSA) is 78.0 Å². The van der Waals surface area contributed by atoms with Gasteiger partial charge in [0.15, 0.2) is 0 Å². The lowest BCUT2D eigenvalue weighted by Gasteiger charge is -2.15. The number of carbonyl (C=O) groups excluding carboxylic acids is 1. The zero-order valence-electron chi connectivity index (χ0n) is 11.8. The molecule has 0 radical (unpaired) electrons. The Morgan fingerprint density at radius 3 is 2.95 bits per heavy atom. The predicted octanol–water partition coefficient (Wildman–Crippen LogP) is 1.95. The number of aryl methyl sites for hydroxylation is 1. The van der Waals surface area contributed by atoms with Crippen LogP contribution in [0.5, 0.6) is 0 Å². The van der Waals surface area contributed by atoms with E-state index in [-0.39, 0.29) is 18.4 Å². The fourth-order valence-electron chi connectivity index (χ4n) is 2.10. The van der Waals surface area contributed by atoms with Gasteiger partial charge in [-0.1, -0.05) is 11.6 Å². The fourth-order valence-corrected chi connectivity index (χ4v) is 2.30. The quantitative estimate of drug-likeness (QED) is 0.763. The Morgan fingerprint density at radius 1 is 1.52 bits per heavy atom. The van der Waals surface area contributed by atoms with Gasteiger partial charge in [0.05, 0.1) is 10.6 Å². The monoisotopic (exact) mass is 307 g/mol. The standard InChI is InChI=1S/C15H18ClN3O2/c1-10-5-18-7-13(10)15(21)19-6-11(9-20)4-12-2-3-17-8-14(12)16/h2-3,5,7-8,11,18,20H,4,6,9H2,1H3,(H,19,21)/t11-/m0/s1. The molecule has 0 bridgehead atoms. The largest absolute Gasteiger partial charge is 0.396 e. The molecule has 5 nitrogen and oxygen atoms in total. The number of aliphatic hydroxyl groups excluding tert-OH is 1. The Bertz CT molecular complexity index is 612. The third kappa shape index (κ3) is 4.06. The molecule has 2 heterocycles. The number of hydrogen-bond donors (Lipinski definition) is 3. The van der Waals surface area contributed by atoms with E-state index in [2.05, 4.69) is 15.3 Å². The average molecular weight is 308 g/mol. The smallest absolute Gasteiger partial charge is 0.253 e. The molecule has 1 amide bonds. The fraction of sp³-hybridized carbons (Fsp3) is 0.333. The van der Waals surface area contributed by atoms with Crippen molar-refractivity contribution in [1.82, 2.24) is 15.3 Å². The van der Waals surface area contributed by atoms with Crippen LogP contribution in [0.3, 0.4) is 0 Å². The zero-order valence-corrected chi connectivity index (χ0v) is 12.5. The van der Waals surface area contributed by atoms with E-state index < -0.39 is 0 Å². The first kappa shape index (κ1) is 15.5. The van der Waals surface area contributed by atoms with Gasteiger partial charge in [-0.3, -0.25) is 9.78 Å². The third-order valence-corrected chi connectivity index (χ3v) is 3.71. The van der Waals surface area contributed by atoms with E-state index in [4.69, 9.17) is 11.6 Å². The third-order valence-electron chi connectivity index (χ3n) is 3.37. The van der Waals surface area contributed by atoms with E-state index in [0.717, 1.165) is 11.1 Å². The minimum atomic E-state index is -0.145. The van der Waals surface area contributed by atoms with Gasteiger partial charge < -0.3 is 15.4 Å². The summed E-state index contributed by atoms with van der Waals surface area (Å²) in [6.45, 7) is 2.23. The summed E-state index contributed by atoms with van der Waals surface area (Å²) in [7, 11) is 0. The number of aromatic amines is 1. The maximum Gasteiger partial charge on any atom is 0.253 e. The second-order valence-corrected chi connectivity index (χ2v) is 5.39. The van der Waals surface area contributed by atoms with E-state index in [1.165, 1.54) is 0 Å². The lowest BCUT2D eigenvalue weighted by molar-refractivity contribution is 0.0939. The number of pyridine rings is 1. The lowest BCUT2D eigenvalue weighted by atomic mass is 10.0. The van der Waals surface area contributed by atoms with Crippen molar-refractivity contribution in [2.24, 2.45) is 5.92 Å². The van der Waals surface area contributed by atoms with Crippen LogP contribution in [-0.4, -0.2) is 34.1 Å². The van der Waals surface area contributed by atoms with Crippen molar-refractivity contribution in [3.8, 4) is 0 Å². The number of aliphatic hydroxyl groups is 1. The summed E-state index contributed by atoms with van der Waals surface area (Å²) in [6, 6.07) is 1.82. The van der Waals surface area contributed by atoms with Crippen molar-refractivity contribution in [3.63, 3.8) is 0 Å². The maximum atomic E-state index is 12.0. The molecule has 0 fully saturated rings. The van der Waals surface area contributed by atoms with E-state index in [0.29, 0.717) is 23.6 Å². The van der Waals surface area contributed by atoms with Gasteiger partial charge >= 0.3 is 0 Å². The summed E-state index contributed by atoms with van der Waals surface area (Å²) in [6.07, 6.45) is 7.27. The number of aromatic nitrogens is 2. The summed E-state index contributed by atoms with van der Waals surface area (Å²) in [4.78, 5) is 18.8. The van der Waals surface area contributed by atoms with Crippen LogP contribution in [-0.2, 0) is 6.42 Å². The van der Waals surface area contributed by atoms with Crippen molar-refractivity contribution in [2.75, 3.05) is 13.2 Å². The molecule has 6 heteroatoms. The minimum absolute atomic E-state index is 0.0228. The molecule has 0 aliphatic heterocycles. The number of hydrogen-bond acceptors (Lipinski definition) is 3. The van der Waals surface area contributed by atoms with Crippen molar-refractivity contribution < 1.29 is 9.90 Å². The van der Waals surface area contributed by atoms with Crippen LogP contribution >= 0.6 is 11.6 Å². The molecule has 2 aromatic rings. The molecular weight excluding hydrogens is 290 g/mol. The van der Waals surface area contributed by atoms with Crippen LogP contribution in [0.25, 0.3) is 0 Å². The Kier molecular flexibility index (Phi) is 5.36. The molecule has 112 valence electrons. The first-order chi connectivity index (χ1) is 10.1. The van der Waals surface area contributed by atoms with Gasteiger partial charge in [0.1, 0.15) is 0 Å². The van der Waals surface area contributed by atoms with Crippen molar-refractivity contribution >= 4 is 17.5 Å². The Hall–Kier alpha value is -1.85. The van der Waals surface area contributed by atoms with Gasteiger partial charge in [-0.2, -0.15) is 0 Å². The summed E-state index contributed by atoms with van der Waals surface area (Å²) in [5, 5.41) is 12.9. The number of nitrogens with one attached hydrogen (secondary N) is 2. The molecule has 0 saturated carbocycles. The lowest BCUT2D eigenvalue weighted by Crippen LogP contribution is -2.32. The molecule has 0 aromatic carbocycles. The van der Waals surface area contributed by atoms with Gasteiger partial charge in [0, 0.05) is 43.9 Å². The van der Waals surface area contributed by atoms with E-state index in [9.17, 15) is 9.90 Å². The van der Waals surface area contributed by atoms with Crippen molar-refractivity contribution in [3.05, 3.63) is 52.6 Å². The van der Waals surface area contributed by atoms with E-state index in [1.807, 2.05) is 13.0 Å². The normalized spacial score (nSPS) is 12.1. The van der Waals surface area contributed by atoms with Crippen LogP contribution in [0, 0.1) is 12.8 Å². The molecule has 2 rings (SSSR count). The van der Waals surface area contributed by atoms with E-state index in [1.54, 1.807) is 24.8 Å². The predicted molar refractivity (Wildman–Crippen MR) is 81.4 cm³/mol. The number of carbonyl (C=O) groups is 1. The zero-order chi connectivity index (χ0) is 15.2. The highest BCUT2D eigenvalue weighted by Gasteiger charge is 2.14. The Morgan fingerprint density at radius 2 is 2.33 bits per heavy atom. The van der Waals surface area contributed by atoms with Crippen molar-refractivity contribution in [2.45, 2.75) is 13.3 Å². The van der Waals surface area contributed by atoms with E-state index >= 15 is 0 Å². The molecule has 21 heavy (non-hydrogen) atoms. The second kappa shape index (κ2) is 7.24. The summed E-state index contributed by atoms with van der Waals surface area (Å²) >= 11 is 6.05. The van der Waals surface area contributed by atoms with Gasteiger partial charge in [0.25, 0.3) is 5.91 Å². The molecule has 3 N–H and O–H groups in total. The SMILES string of the molecule is Cc1c[nH]cc1C(=O)NC[C@@H](CO)Cc1ccncc1Cl. The summed E-state index contributed by atoms with van der Waals surface area (Å²) in [5.41, 5.74) is 2.43. The molecule has 2 aromatic heterocycles. The van der Waals surface area contributed by atoms with Crippen LogP contribution in [0.15, 0.2) is 30.9 Å². The minimum Gasteiger partial charge on any atom is -0.396 e. The molecule has 0 aliphatic rings. The van der Waals surface area contributed by atoms with Gasteiger partial charge in [-0.25, -0.2) is 0 Å². The first-order valence-corrected chi connectivity index (χ1v) is 7.10. The Labute approximate surface area is 128 Å². The van der Waals surface area contributed by atoms with Gasteiger partial charge in [0.2, 0.25) is 0 Å². The highest BCUT2D eigenvalue weighted by molar-refractivity contribution is 6.31. The molecule has 0 spiro atoms. The van der Waals surface area contributed by atoms with Crippen LogP contribution in [0.2, 0.25) is 5.02 Å². The molecule has 0 aliphatic carbocycles. The number of amides is 1. The van der Waals surface area contributed by atoms with Crippen LogP contribution in [0.4, 0.5) is 0 Å². The molecule has 1 atom stereocenters. The van der Waals surface area contributed by atoms with Crippen molar-refractivity contribution in [1.29, 1.82) is 0 Å². The van der Waals surface area contributed by atoms with Crippen LogP contribution in [0.1, 0.15) is 21.5 Å². The molecule has 0 unspecified atom stereocenters. The number of rotatable bonds is 6. The molecule has 0 saturated heterocycles. The van der Waals surface area contributed by atoms with Gasteiger partial charge in [-0.15, -0.1) is 0 Å². The number of halogens is 1. The summed E-state index contributed by atoms with van der Waals surface area (Å²) in [5.74, 6) is -0.235. The summed E-state index contributed by atoms with van der Waals surface area (Å²) < 4.78 is 0. The highest BCUT2D eigenvalue weighted by atomic mass is 35.5. The Balaban J connectivity index is 1.93. The van der Waals surface area contributed by atoms with Crippen LogP contribution < -0.4 is 5.32 Å². The second-order valence-electron chi connectivity index (χ2n) is 4.98. The maximum absolute atomic E-state index is 12.0. The number of nitrogens with zero attached hydrogens (tertiary/aromatic N) is 1. The number of H-pyrrole nitrogens is 1. The molecular formula is C15H18ClN3O2. The highest BCUT2D eigenvalue weighted by Crippen LogP contribution is 2.17. The average Bonchev–Trinajstić information content (AvgIpc) is 2.91. The van der Waals surface area contributed by atoms with Gasteiger partial charge in [-0.05, 0) is 30.5 Å².